The van der Waals surface area contributed by atoms with Gasteiger partial charge in [0.2, 0.25) is 0 Å². The molecule has 0 spiro atoms. The molecule has 0 N–H and O–H groups in total. The van der Waals surface area contributed by atoms with Gasteiger partial charge in [-0.3, -0.25) is 14.9 Å². The Kier molecular flexibility index (Phi) is 6.39. The third-order valence-electron chi connectivity index (χ3n) is 6.71. The smallest absolute Gasteiger partial charge is 0.135 e. The molecular weight excluding hydrogens is 396 g/mol. The molecule has 0 aliphatic carbocycles. The quantitative estimate of drug-likeness (QED) is 0.593. The predicted octanol–water partition coefficient (Wildman–Crippen LogP) is 3.95. The summed E-state index contributed by atoms with van der Waals surface area (Å²) in [6, 6.07) is 12.3. The van der Waals surface area contributed by atoms with E-state index < -0.39 is 0 Å². The number of hydrogen-bond donors (Lipinski definition) is 0. The monoisotopic (exact) mass is 428 g/mol. The summed E-state index contributed by atoms with van der Waals surface area (Å²) < 4.78 is 0. The lowest BCUT2D eigenvalue weighted by molar-refractivity contribution is 0.194. The van der Waals surface area contributed by atoms with Gasteiger partial charge in [-0.25, -0.2) is 9.97 Å². The Morgan fingerprint density at radius 1 is 0.938 bits per heavy atom. The molecule has 3 aromatic rings. The molecule has 5 heterocycles. The van der Waals surface area contributed by atoms with Gasteiger partial charge in [0.1, 0.15) is 11.6 Å². The van der Waals surface area contributed by atoms with Crippen LogP contribution in [0.25, 0.3) is 0 Å². The molecule has 166 valence electrons. The predicted molar refractivity (Wildman–Crippen MR) is 127 cm³/mol. The Morgan fingerprint density at radius 3 is 2.53 bits per heavy atom. The minimum atomic E-state index is 0.385. The zero-order valence-corrected chi connectivity index (χ0v) is 19.0. The highest BCUT2D eigenvalue weighted by atomic mass is 15.2. The first-order chi connectivity index (χ1) is 15.8. The number of hydrogen-bond acceptors (Lipinski definition) is 6. The lowest BCUT2D eigenvalue weighted by atomic mass is 9.96. The molecular formula is C26H32N6. The summed E-state index contributed by atoms with van der Waals surface area (Å²) in [5.41, 5.74) is 4.77. The van der Waals surface area contributed by atoms with E-state index in [0.717, 1.165) is 80.7 Å². The Labute approximate surface area is 190 Å². The number of piperidine rings is 1. The van der Waals surface area contributed by atoms with Crippen molar-refractivity contribution in [2.75, 3.05) is 31.1 Å². The van der Waals surface area contributed by atoms with Crippen LogP contribution in [0.1, 0.15) is 53.7 Å². The Balaban J connectivity index is 1.33. The minimum Gasteiger partial charge on any atom is -0.356 e. The van der Waals surface area contributed by atoms with E-state index in [1.54, 1.807) is 0 Å². The van der Waals surface area contributed by atoms with Gasteiger partial charge in [-0.05, 0) is 63.4 Å². The van der Waals surface area contributed by atoms with Gasteiger partial charge >= 0.3 is 0 Å². The fourth-order valence-corrected chi connectivity index (χ4v) is 5.04. The largest absolute Gasteiger partial charge is 0.356 e. The minimum absolute atomic E-state index is 0.385. The van der Waals surface area contributed by atoms with Crippen molar-refractivity contribution >= 4 is 5.82 Å². The number of nitrogens with zero attached hydrogens (tertiary/aromatic N) is 6. The fraction of sp³-hybridized carbons (Fsp3) is 0.462. The Morgan fingerprint density at radius 2 is 1.75 bits per heavy atom. The van der Waals surface area contributed by atoms with Gasteiger partial charge in [0.15, 0.2) is 0 Å². The van der Waals surface area contributed by atoms with Crippen molar-refractivity contribution in [1.29, 1.82) is 0 Å². The average molecular weight is 429 g/mol. The molecule has 1 fully saturated rings. The zero-order chi connectivity index (χ0) is 21.8. The van der Waals surface area contributed by atoms with E-state index in [-0.39, 0.29) is 0 Å². The summed E-state index contributed by atoms with van der Waals surface area (Å²) in [5.74, 6) is 2.57. The molecule has 0 aromatic carbocycles. The molecule has 1 atom stereocenters. The number of rotatable bonds is 6. The molecule has 2 aliphatic rings. The molecule has 0 bridgehead atoms. The maximum atomic E-state index is 5.19. The van der Waals surface area contributed by atoms with Crippen LogP contribution in [-0.2, 0) is 19.4 Å². The van der Waals surface area contributed by atoms with E-state index in [1.165, 1.54) is 18.4 Å². The van der Waals surface area contributed by atoms with Crippen LogP contribution >= 0.6 is 0 Å². The standard InChI is InChI=1S/C26H32N6/c1-20-24-11-7-16-32(17-12-22-9-2-4-13-27-22)26(24)30-25(29-20)21-8-6-15-31(18-21)19-23-10-3-5-14-28-23/h2-5,9-10,13-14,21H,6-8,11-12,15-19H2,1H3/t21-/m0/s1. The third-order valence-corrected chi connectivity index (χ3v) is 6.71. The van der Waals surface area contributed by atoms with Gasteiger partial charge in [-0.1, -0.05) is 12.1 Å². The van der Waals surface area contributed by atoms with Crippen LogP contribution in [0, 0.1) is 6.92 Å². The summed E-state index contributed by atoms with van der Waals surface area (Å²) >= 11 is 0. The highest BCUT2D eigenvalue weighted by Crippen LogP contribution is 2.32. The molecule has 0 amide bonds. The normalized spacial score (nSPS) is 19.0. The second kappa shape index (κ2) is 9.74. The van der Waals surface area contributed by atoms with Crippen LogP contribution in [0.2, 0.25) is 0 Å². The summed E-state index contributed by atoms with van der Waals surface area (Å²) in [6.45, 7) is 7.21. The maximum Gasteiger partial charge on any atom is 0.135 e. The number of pyridine rings is 2. The number of anilines is 1. The number of likely N-dealkylation sites (tertiary alicyclic amines) is 1. The van der Waals surface area contributed by atoms with E-state index in [0.29, 0.717) is 5.92 Å². The third kappa shape index (κ3) is 4.80. The second-order valence-electron chi connectivity index (χ2n) is 9.03. The molecule has 6 heteroatoms. The van der Waals surface area contributed by atoms with Crippen molar-refractivity contribution in [2.45, 2.75) is 51.5 Å². The lowest BCUT2D eigenvalue weighted by Crippen LogP contribution is -2.36. The van der Waals surface area contributed by atoms with Gasteiger partial charge < -0.3 is 4.90 Å². The van der Waals surface area contributed by atoms with E-state index in [9.17, 15) is 0 Å². The SMILES string of the molecule is Cc1nc([C@H]2CCCN(Cc3ccccn3)C2)nc2c1CCCN2CCc1ccccn1. The van der Waals surface area contributed by atoms with Crippen molar-refractivity contribution < 1.29 is 0 Å². The molecule has 3 aromatic heterocycles. The van der Waals surface area contributed by atoms with Gasteiger partial charge in [-0.15, -0.1) is 0 Å². The second-order valence-corrected chi connectivity index (χ2v) is 9.03. The number of fused-ring (bicyclic) bond motifs is 1. The van der Waals surface area contributed by atoms with Crippen molar-refractivity contribution in [1.82, 2.24) is 24.8 Å². The van der Waals surface area contributed by atoms with E-state index in [2.05, 4.69) is 51.0 Å². The topological polar surface area (TPSA) is 58.0 Å². The van der Waals surface area contributed by atoms with Crippen molar-refractivity contribution in [3.05, 3.63) is 77.3 Å². The first kappa shape index (κ1) is 21.0. The highest BCUT2D eigenvalue weighted by molar-refractivity contribution is 5.51. The summed E-state index contributed by atoms with van der Waals surface area (Å²) in [6.07, 6.45) is 9.29. The Bertz CT molecular complexity index is 1020. The summed E-state index contributed by atoms with van der Waals surface area (Å²) in [4.78, 5) is 24.2. The van der Waals surface area contributed by atoms with Crippen molar-refractivity contribution in [3.8, 4) is 0 Å². The van der Waals surface area contributed by atoms with Gasteiger partial charge in [0.25, 0.3) is 0 Å². The first-order valence-corrected chi connectivity index (χ1v) is 11.9. The molecule has 5 rings (SSSR count). The summed E-state index contributed by atoms with van der Waals surface area (Å²) in [7, 11) is 0. The van der Waals surface area contributed by atoms with E-state index in [4.69, 9.17) is 9.97 Å². The number of aromatic nitrogens is 4. The van der Waals surface area contributed by atoms with Crippen LogP contribution in [0.4, 0.5) is 5.82 Å². The zero-order valence-electron chi connectivity index (χ0n) is 19.0. The van der Waals surface area contributed by atoms with Crippen LogP contribution in [-0.4, -0.2) is 51.0 Å². The first-order valence-electron chi connectivity index (χ1n) is 11.9. The Hall–Kier alpha value is -2.86. The van der Waals surface area contributed by atoms with Crippen LogP contribution in [0.5, 0.6) is 0 Å². The average Bonchev–Trinajstić information content (AvgIpc) is 2.84. The van der Waals surface area contributed by atoms with Gasteiger partial charge in [-0.2, -0.15) is 0 Å². The number of aryl methyl sites for hydroxylation is 1. The van der Waals surface area contributed by atoms with Crippen LogP contribution in [0.15, 0.2) is 48.8 Å². The molecule has 6 nitrogen and oxygen atoms in total. The lowest BCUT2D eigenvalue weighted by Gasteiger charge is -2.34. The molecule has 0 unspecified atom stereocenters. The summed E-state index contributed by atoms with van der Waals surface area (Å²) in [5, 5.41) is 0. The highest BCUT2D eigenvalue weighted by Gasteiger charge is 2.28. The maximum absolute atomic E-state index is 5.19. The molecule has 0 radical (unpaired) electrons. The van der Waals surface area contributed by atoms with Crippen molar-refractivity contribution in [2.24, 2.45) is 0 Å². The van der Waals surface area contributed by atoms with Crippen LogP contribution in [0.3, 0.4) is 0 Å². The van der Waals surface area contributed by atoms with Crippen molar-refractivity contribution in [3.63, 3.8) is 0 Å². The molecule has 2 aliphatic heterocycles. The van der Waals surface area contributed by atoms with Crippen LogP contribution < -0.4 is 4.90 Å². The van der Waals surface area contributed by atoms with E-state index in [1.807, 2.05) is 24.5 Å². The van der Waals surface area contributed by atoms with E-state index >= 15 is 0 Å². The molecule has 1 saturated heterocycles. The van der Waals surface area contributed by atoms with Gasteiger partial charge in [0.05, 0.1) is 5.69 Å². The molecule has 0 saturated carbocycles. The molecule has 32 heavy (non-hydrogen) atoms. The van der Waals surface area contributed by atoms with Gasteiger partial charge in [0, 0.05) is 67.9 Å². The fourth-order valence-electron chi connectivity index (χ4n) is 5.04.